The molecule has 0 aliphatic rings. The number of halogens is 2. The SMILES string of the molecule is CCCCCCC(C)NCc1cc(Br)ccc1Cl. The molecule has 1 aromatic carbocycles. The van der Waals surface area contributed by atoms with Crippen LogP contribution in [0.1, 0.15) is 51.5 Å². The maximum atomic E-state index is 6.16. The van der Waals surface area contributed by atoms with E-state index in [4.69, 9.17) is 11.6 Å². The van der Waals surface area contributed by atoms with Crippen molar-refractivity contribution in [1.29, 1.82) is 0 Å². The minimum absolute atomic E-state index is 0.553. The van der Waals surface area contributed by atoms with Gasteiger partial charge in [-0.1, -0.05) is 60.1 Å². The highest BCUT2D eigenvalue weighted by molar-refractivity contribution is 9.10. The largest absolute Gasteiger partial charge is 0.310 e. The van der Waals surface area contributed by atoms with Crippen LogP contribution in [-0.4, -0.2) is 6.04 Å². The first-order chi connectivity index (χ1) is 8.63. The molecule has 0 heterocycles. The van der Waals surface area contributed by atoms with E-state index in [1.54, 1.807) is 0 Å². The smallest absolute Gasteiger partial charge is 0.0451 e. The summed E-state index contributed by atoms with van der Waals surface area (Å²) >= 11 is 9.64. The minimum atomic E-state index is 0.553. The average Bonchev–Trinajstić information content (AvgIpc) is 2.36. The van der Waals surface area contributed by atoms with E-state index in [1.807, 2.05) is 12.1 Å². The van der Waals surface area contributed by atoms with Crippen molar-refractivity contribution in [2.24, 2.45) is 0 Å². The molecule has 0 saturated carbocycles. The molecule has 1 rings (SSSR count). The van der Waals surface area contributed by atoms with E-state index in [0.717, 1.165) is 21.6 Å². The number of nitrogens with one attached hydrogen (secondary N) is 1. The Bertz CT molecular complexity index is 354. The van der Waals surface area contributed by atoms with Crippen molar-refractivity contribution in [3.63, 3.8) is 0 Å². The van der Waals surface area contributed by atoms with Crippen LogP contribution in [0, 0.1) is 0 Å². The van der Waals surface area contributed by atoms with Gasteiger partial charge >= 0.3 is 0 Å². The zero-order chi connectivity index (χ0) is 13.4. The molecule has 102 valence electrons. The summed E-state index contributed by atoms with van der Waals surface area (Å²) in [7, 11) is 0. The molecule has 1 nitrogen and oxygen atoms in total. The van der Waals surface area contributed by atoms with Gasteiger partial charge in [0.2, 0.25) is 0 Å². The first kappa shape index (κ1) is 16.0. The Morgan fingerprint density at radius 1 is 1.28 bits per heavy atom. The monoisotopic (exact) mass is 331 g/mol. The standard InChI is InChI=1S/C15H23BrClN/c1-3-4-5-6-7-12(2)18-11-13-10-14(16)8-9-15(13)17/h8-10,12,18H,3-7,11H2,1-2H3. The van der Waals surface area contributed by atoms with Gasteiger partial charge in [-0.15, -0.1) is 0 Å². The Morgan fingerprint density at radius 3 is 2.78 bits per heavy atom. The molecule has 0 saturated heterocycles. The van der Waals surface area contributed by atoms with Gasteiger partial charge in [0.05, 0.1) is 0 Å². The number of hydrogen-bond donors (Lipinski definition) is 1. The lowest BCUT2D eigenvalue weighted by molar-refractivity contribution is 0.482. The summed E-state index contributed by atoms with van der Waals surface area (Å²) in [5.41, 5.74) is 1.16. The number of unbranched alkanes of at least 4 members (excludes halogenated alkanes) is 3. The van der Waals surface area contributed by atoms with Crippen LogP contribution in [0.4, 0.5) is 0 Å². The van der Waals surface area contributed by atoms with E-state index in [0.29, 0.717) is 6.04 Å². The molecule has 18 heavy (non-hydrogen) atoms. The molecule has 1 atom stereocenters. The Balaban J connectivity index is 2.29. The molecular weight excluding hydrogens is 310 g/mol. The lowest BCUT2D eigenvalue weighted by atomic mass is 10.1. The van der Waals surface area contributed by atoms with E-state index in [2.05, 4.69) is 41.2 Å². The second-order valence-electron chi connectivity index (χ2n) is 4.87. The minimum Gasteiger partial charge on any atom is -0.310 e. The van der Waals surface area contributed by atoms with E-state index >= 15 is 0 Å². The molecule has 0 spiro atoms. The van der Waals surface area contributed by atoms with Gasteiger partial charge in [0, 0.05) is 22.1 Å². The first-order valence-corrected chi connectivity index (χ1v) is 7.98. The topological polar surface area (TPSA) is 12.0 Å². The fraction of sp³-hybridized carbons (Fsp3) is 0.600. The predicted molar refractivity (Wildman–Crippen MR) is 84.2 cm³/mol. The highest BCUT2D eigenvalue weighted by atomic mass is 79.9. The molecular formula is C15H23BrClN. The highest BCUT2D eigenvalue weighted by Crippen LogP contribution is 2.21. The van der Waals surface area contributed by atoms with E-state index in [-0.39, 0.29) is 0 Å². The molecule has 0 radical (unpaired) electrons. The maximum absolute atomic E-state index is 6.16. The van der Waals surface area contributed by atoms with E-state index < -0.39 is 0 Å². The molecule has 1 aromatic rings. The van der Waals surface area contributed by atoms with Gasteiger partial charge in [-0.3, -0.25) is 0 Å². The van der Waals surface area contributed by atoms with Gasteiger partial charge in [-0.25, -0.2) is 0 Å². The summed E-state index contributed by atoms with van der Waals surface area (Å²) < 4.78 is 1.08. The zero-order valence-electron chi connectivity index (χ0n) is 11.3. The van der Waals surface area contributed by atoms with Crippen LogP contribution in [0.2, 0.25) is 5.02 Å². The second-order valence-corrected chi connectivity index (χ2v) is 6.19. The zero-order valence-corrected chi connectivity index (χ0v) is 13.6. The molecule has 0 amide bonds. The number of benzene rings is 1. The van der Waals surface area contributed by atoms with Crippen molar-refractivity contribution in [1.82, 2.24) is 5.32 Å². The summed E-state index contributed by atoms with van der Waals surface area (Å²) in [4.78, 5) is 0. The summed E-state index contributed by atoms with van der Waals surface area (Å²) in [5.74, 6) is 0. The van der Waals surface area contributed by atoms with E-state index in [9.17, 15) is 0 Å². The van der Waals surface area contributed by atoms with Crippen LogP contribution in [0.15, 0.2) is 22.7 Å². The van der Waals surface area contributed by atoms with Gasteiger partial charge in [0.15, 0.2) is 0 Å². The molecule has 3 heteroatoms. The summed E-state index contributed by atoms with van der Waals surface area (Å²) in [6, 6.07) is 6.55. The Hall–Kier alpha value is -0.0500. The third-order valence-electron chi connectivity index (χ3n) is 3.14. The molecule has 1 unspecified atom stereocenters. The molecule has 0 bridgehead atoms. The Morgan fingerprint density at radius 2 is 2.06 bits per heavy atom. The van der Waals surface area contributed by atoms with Crippen molar-refractivity contribution in [2.75, 3.05) is 0 Å². The van der Waals surface area contributed by atoms with Crippen molar-refractivity contribution >= 4 is 27.5 Å². The fourth-order valence-corrected chi connectivity index (χ4v) is 2.54. The highest BCUT2D eigenvalue weighted by Gasteiger charge is 2.04. The summed E-state index contributed by atoms with van der Waals surface area (Å²) in [5, 5.41) is 4.38. The van der Waals surface area contributed by atoms with Crippen molar-refractivity contribution < 1.29 is 0 Å². The van der Waals surface area contributed by atoms with Gasteiger partial charge in [0.25, 0.3) is 0 Å². The quantitative estimate of drug-likeness (QED) is 0.615. The lowest BCUT2D eigenvalue weighted by Crippen LogP contribution is -2.25. The van der Waals surface area contributed by atoms with Crippen LogP contribution in [-0.2, 0) is 6.54 Å². The summed E-state index contributed by atoms with van der Waals surface area (Å²) in [6.07, 6.45) is 6.56. The van der Waals surface area contributed by atoms with Crippen molar-refractivity contribution in [2.45, 2.75) is 58.5 Å². The molecule has 0 aromatic heterocycles. The maximum Gasteiger partial charge on any atom is 0.0451 e. The van der Waals surface area contributed by atoms with Crippen LogP contribution in [0.25, 0.3) is 0 Å². The van der Waals surface area contributed by atoms with Crippen molar-refractivity contribution in [3.8, 4) is 0 Å². The van der Waals surface area contributed by atoms with Gasteiger partial charge in [-0.05, 0) is 37.1 Å². The third-order valence-corrected chi connectivity index (χ3v) is 4.00. The molecule has 0 fully saturated rings. The Kier molecular flexibility index (Phi) is 7.96. The number of hydrogen-bond acceptors (Lipinski definition) is 1. The normalized spacial score (nSPS) is 12.7. The molecule has 1 N–H and O–H groups in total. The predicted octanol–water partition coefficient (Wildman–Crippen LogP) is 5.55. The number of rotatable bonds is 8. The van der Waals surface area contributed by atoms with Crippen LogP contribution < -0.4 is 5.32 Å². The van der Waals surface area contributed by atoms with Crippen LogP contribution in [0.3, 0.4) is 0 Å². The Labute approximate surface area is 124 Å². The van der Waals surface area contributed by atoms with E-state index in [1.165, 1.54) is 32.1 Å². The lowest BCUT2D eigenvalue weighted by Gasteiger charge is -2.14. The van der Waals surface area contributed by atoms with Crippen molar-refractivity contribution in [3.05, 3.63) is 33.3 Å². The molecule has 0 aliphatic heterocycles. The van der Waals surface area contributed by atoms with Crippen LogP contribution in [0.5, 0.6) is 0 Å². The van der Waals surface area contributed by atoms with Gasteiger partial charge in [0.1, 0.15) is 0 Å². The van der Waals surface area contributed by atoms with Gasteiger partial charge < -0.3 is 5.32 Å². The van der Waals surface area contributed by atoms with Gasteiger partial charge in [-0.2, -0.15) is 0 Å². The first-order valence-electron chi connectivity index (χ1n) is 6.80. The third kappa shape index (κ3) is 6.21. The van der Waals surface area contributed by atoms with Crippen LogP contribution >= 0.6 is 27.5 Å². The molecule has 0 aliphatic carbocycles. The fourth-order valence-electron chi connectivity index (χ4n) is 1.94. The summed E-state index contributed by atoms with van der Waals surface area (Å²) in [6.45, 7) is 5.34. The average molecular weight is 333 g/mol. The second kappa shape index (κ2) is 8.95.